The van der Waals surface area contributed by atoms with Crippen molar-refractivity contribution in [1.29, 1.82) is 0 Å². The van der Waals surface area contributed by atoms with Crippen molar-refractivity contribution in [3.63, 3.8) is 0 Å². The Bertz CT molecular complexity index is 536. The number of rotatable bonds is 7. The first-order valence-electron chi connectivity index (χ1n) is 7.37. The lowest BCUT2D eigenvalue weighted by Crippen LogP contribution is -2.27. The third kappa shape index (κ3) is 5.20. The fraction of sp³-hybridized carbons (Fsp3) is 0.333. The van der Waals surface area contributed by atoms with E-state index >= 15 is 0 Å². The van der Waals surface area contributed by atoms with Crippen LogP contribution in [-0.2, 0) is 13.0 Å². The molecule has 0 aromatic heterocycles. The van der Waals surface area contributed by atoms with E-state index in [-0.39, 0.29) is 5.82 Å². The highest BCUT2D eigenvalue weighted by Crippen LogP contribution is 2.12. The molecule has 2 aromatic carbocycles. The Morgan fingerprint density at radius 1 is 1.00 bits per heavy atom. The molecular weight excluding hydrogens is 265 g/mol. The van der Waals surface area contributed by atoms with Crippen LogP contribution in [0.15, 0.2) is 48.5 Å². The van der Waals surface area contributed by atoms with Gasteiger partial charge in [0, 0.05) is 12.6 Å². The molecule has 1 N–H and O–H groups in total. The molecular formula is C18H22FNO. The zero-order valence-corrected chi connectivity index (χ0v) is 12.6. The minimum Gasteiger partial charge on any atom is -0.494 e. The molecule has 0 saturated heterocycles. The maximum absolute atomic E-state index is 12.9. The molecule has 21 heavy (non-hydrogen) atoms. The summed E-state index contributed by atoms with van der Waals surface area (Å²) >= 11 is 0. The second-order valence-electron chi connectivity index (χ2n) is 5.19. The first kappa shape index (κ1) is 15.5. The van der Waals surface area contributed by atoms with Gasteiger partial charge in [-0.15, -0.1) is 0 Å². The topological polar surface area (TPSA) is 21.3 Å². The van der Waals surface area contributed by atoms with Crippen LogP contribution in [0.1, 0.15) is 25.0 Å². The van der Waals surface area contributed by atoms with Gasteiger partial charge < -0.3 is 10.1 Å². The molecule has 0 fully saturated rings. The molecule has 0 spiro atoms. The van der Waals surface area contributed by atoms with E-state index in [0.29, 0.717) is 12.6 Å². The van der Waals surface area contributed by atoms with E-state index < -0.39 is 0 Å². The maximum Gasteiger partial charge on any atom is 0.123 e. The van der Waals surface area contributed by atoms with E-state index in [1.54, 1.807) is 0 Å². The molecule has 1 atom stereocenters. The molecule has 0 aliphatic heterocycles. The van der Waals surface area contributed by atoms with Crippen LogP contribution in [0.3, 0.4) is 0 Å². The highest BCUT2D eigenvalue weighted by atomic mass is 19.1. The van der Waals surface area contributed by atoms with Crippen LogP contribution in [0.2, 0.25) is 0 Å². The molecule has 2 aromatic rings. The van der Waals surface area contributed by atoms with E-state index in [9.17, 15) is 4.39 Å². The predicted molar refractivity (Wildman–Crippen MR) is 84.0 cm³/mol. The van der Waals surface area contributed by atoms with Crippen molar-refractivity contribution in [2.45, 2.75) is 32.9 Å². The number of nitrogens with one attached hydrogen (secondary N) is 1. The van der Waals surface area contributed by atoms with Crippen molar-refractivity contribution in [2.24, 2.45) is 0 Å². The monoisotopic (exact) mass is 287 g/mol. The Kier molecular flexibility index (Phi) is 5.76. The minimum absolute atomic E-state index is 0.186. The third-order valence-corrected chi connectivity index (χ3v) is 3.34. The molecule has 0 aliphatic carbocycles. The van der Waals surface area contributed by atoms with Crippen molar-refractivity contribution in [2.75, 3.05) is 6.61 Å². The average Bonchev–Trinajstić information content (AvgIpc) is 2.49. The number of halogens is 1. The number of ether oxygens (including phenoxy) is 1. The van der Waals surface area contributed by atoms with Gasteiger partial charge in [-0.05, 0) is 55.7 Å². The minimum atomic E-state index is -0.186. The molecule has 112 valence electrons. The summed E-state index contributed by atoms with van der Waals surface area (Å²) in [6.07, 6.45) is 0.886. The van der Waals surface area contributed by atoms with Crippen LogP contribution in [0.5, 0.6) is 5.75 Å². The Hall–Kier alpha value is -1.87. The molecule has 0 saturated carbocycles. The van der Waals surface area contributed by atoms with Crippen LogP contribution in [0.25, 0.3) is 0 Å². The summed E-state index contributed by atoms with van der Waals surface area (Å²) in [4.78, 5) is 0. The lowest BCUT2D eigenvalue weighted by atomic mass is 10.1. The van der Waals surface area contributed by atoms with Crippen molar-refractivity contribution >= 4 is 0 Å². The predicted octanol–water partition coefficient (Wildman–Crippen LogP) is 3.95. The zero-order valence-electron chi connectivity index (χ0n) is 12.6. The molecule has 0 amide bonds. The van der Waals surface area contributed by atoms with E-state index in [1.807, 2.05) is 31.2 Å². The van der Waals surface area contributed by atoms with Gasteiger partial charge in [0.2, 0.25) is 0 Å². The van der Waals surface area contributed by atoms with Gasteiger partial charge in [0.25, 0.3) is 0 Å². The van der Waals surface area contributed by atoms with Crippen LogP contribution in [-0.4, -0.2) is 12.6 Å². The summed E-state index contributed by atoms with van der Waals surface area (Å²) < 4.78 is 18.3. The van der Waals surface area contributed by atoms with Gasteiger partial charge >= 0.3 is 0 Å². The fourth-order valence-electron chi connectivity index (χ4n) is 2.21. The zero-order chi connectivity index (χ0) is 15.1. The largest absolute Gasteiger partial charge is 0.494 e. The summed E-state index contributed by atoms with van der Waals surface area (Å²) in [5.74, 6) is 0.717. The van der Waals surface area contributed by atoms with Gasteiger partial charge in [-0.2, -0.15) is 0 Å². The summed E-state index contributed by atoms with van der Waals surface area (Å²) in [7, 11) is 0. The average molecular weight is 287 g/mol. The van der Waals surface area contributed by atoms with Gasteiger partial charge in [0.05, 0.1) is 6.61 Å². The van der Waals surface area contributed by atoms with Crippen molar-refractivity contribution in [3.8, 4) is 5.75 Å². The van der Waals surface area contributed by atoms with Crippen LogP contribution >= 0.6 is 0 Å². The number of hydrogen-bond acceptors (Lipinski definition) is 2. The molecule has 0 heterocycles. The first-order valence-corrected chi connectivity index (χ1v) is 7.37. The Balaban J connectivity index is 1.80. The second kappa shape index (κ2) is 7.79. The normalized spacial score (nSPS) is 12.1. The van der Waals surface area contributed by atoms with E-state index in [0.717, 1.165) is 24.3 Å². The quantitative estimate of drug-likeness (QED) is 0.832. The highest BCUT2D eigenvalue weighted by molar-refractivity contribution is 5.27. The van der Waals surface area contributed by atoms with Crippen LogP contribution in [0, 0.1) is 5.82 Å². The summed E-state index contributed by atoms with van der Waals surface area (Å²) in [5, 5.41) is 3.48. The van der Waals surface area contributed by atoms with E-state index in [2.05, 4.69) is 24.4 Å². The van der Waals surface area contributed by atoms with Gasteiger partial charge in [-0.1, -0.05) is 24.3 Å². The third-order valence-electron chi connectivity index (χ3n) is 3.34. The molecule has 2 rings (SSSR count). The van der Waals surface area contributed by atoms with Gasteiger partial charge in [-0.25, -0.2) is 4.39 Å². The fourth-order valence-corrected chi connectivity index (χ4v) is 2.21. The molecule has 0 radical (unpaired) electrons. The first-order chi connectivity index (χ1) is 10.2. The smallest absolute Gasteiger partial charge is 0.123 e. The van der Waals surface area contributed by atoms with Crippen LogP contribution in [0.4, 0.5) is 4.39 Å². The highest BCUT2D eigenvalue weighted by Gasteiger charge is 2.04. The van der Waals surface area contributed by atoms with E-state index in [1.165, 1.54) is 17.7 Å². The van der Waals surface area contributed by atoms with E-state index in [4.69, 9.17) is 4.74 Å². The van der Waals surface area contributed by atoms with Gasteiger partial charge in [-0.3, -0.25) is 0 Å². The van der Waals surface area contributed by atoms with Gasteiger partial charge in [0.15, 0.2) is 0 Å². The lowest BCUT2D eigenvalue weighted by molar-refractivity contribution is 0.340. The van der Waals surface area contributed by atoms with Crippen LogP contribution < -0.4 is 10.1 Å². The molecule has 3 heteroatoms. The number of benzene rings is 2. The molecule has 0 aliphatic rings. The Morgan fingerprint density at radius 3 is 2.24 bits per heavy atom. The summed E-state index contributed by atoms with van der Waals surface area (Å²) in [5.41, 5.74) is 2.37. The van der Waals surface area contributed by atoms with Gasteiger partial charge in [0.1, 0.15) is 11.6 Å². The second-order valence-corrected chi connectivity index (χ2v) is 5.19. The Morgan fingerprint density at radius 2 is 1.62 bits per heavy atom. The van der Waals surface area contributed by atoms with Crippen molar-refractivity contribution in [3.05, 3.63) is 65.5 Å². The van der Waals surface area contributed by atoms with Crippen molar-refractivity contribution < 1.29 is 9.13 Å². The van der Waals surface area contributed by atoms with Crippen molar-refractivity contribution in [1.82, 2.24) is 5.32 Å². The molecule has 2 nitrogen and oxygen atoms in total. The standard InChI is InChI=1S/C18H22FNO/c1-3-21-18-10-6-16(7-11-18)13-20-14(2)12-15-4-8-17(19)9-5-15/h4-11,14,20H,3,12-13H2,1-2H3. The summed E-state index contributed by atoms with van der Waals surface area (Å²) in [6.45, 7) is 5.62. The maximum atomic E-state index is 12.9. The molecule has 0 bridgehead atoms. The molecule has 1 unspecified atom stereocenters. The lowest BCUT2D eigenvalue weighted by Gasteiger charge is -2.14. The SMILES string of the molecule is CCOc1ccc(CNC(C)Cc2ccc(F)cc2)cc1. The summed E-state index contributed by atoms with van der Waals surface area (Å²) in [6, 6.07) is 15.2. The number of hydrogen-bond donors (Lipinski definition) is 1. The Labute approximate surface area is 126 Å².